The highest BCUT2D eigenvalue weighted by molar-refractivity contribution is 7.92. The zero-order valence-electron chi connectivity index (χ0n) is 23.6. The van der Waals surface area contributed by atoms with E-state index in [1.807, 2.05) is 48.5 Å². The minimum Gasteiger partial charge on any atom is -0.496 e. The average Bonchev–Trinajstić information content (AvgIpc) is 3.62. The molecule has 0 radical (unpaired) electrons. The molecule has 0 spiro atoms. The van der Waals surface area contributed by atoms with Gasteiger partial charge in [0.2, 0.25) is 10.0 Å². The first-order valence-electron chi connectivity index (χ1n) is 13.6. The Morgan fingerprint density at radius 1 is 0.953 bits per heavy atom. The molecule has 2 heterocycles. The minimum absolute atomic E-state index is 0.143. The Morgan fingerprint density at radius 3 is 2.40 bits per heavy atom. The van der Waals surface area contributed by atoms with Crippen LogP contribution in [-0.4, -0.2) is 39.2 Å². The van der Waals surface area contributed by atoms with Crippen molar-refractivity contribution in [3.63, 3.8) is 0 Å². The molecule has 8 nitrogen and oxygen atoms in total. The van der Waals surface area contributed by atoms with Crippen LogP contribution < -0.4 is 14.8 Å². The maximum Gasteiger partial charge on any atom is 0.255 e. The second-order valence-electron chi connectivity index (χ2n) is 9.98. The van der Waals surface area contributed by atoms with Gasteiger partial charge in [-0.05, 0) is 67.1 Å². The molecule has 0 fully saturated rings. The summed E-state index contributed by atoms with van der Waals surface area (Å²) in [5.74, 6) is -0.107. The van der Waals surface area contributed by atoms with Gasteiger partial charge >= 0.3 is 0 Å². The van der Waals surface area contributed by atoms with Gasteiger partial charge in [-0.2, -0.15) is 0 Å². The fourth-order valence-corrected chi connectivity index (χ4v) is 5.81. The number of benzene rings is 4. The summed E-state index contributed by atoms with van der Waals surface area (Å²) >= 11 is 0. The highest BCUT2D eigenvalue weighted by Gasteiger charge is 2.25. The number of sulfonamides is 1. The first-order chi connectivity index (χ1) is 20.7. The third kappa shape index (κ3) is 5.21. The Labute approximate surface area is 247 Å². The highest BCUT2D eigenvalue weighted by atomic mass is 32.2. The molecule has 1 amide bonds. The number of anilines is 1. The molecule has 0 saturated carbocycles. The molecule has 0 saturated heterocycles. The summed E-state index contributed by atoms with van der Waals surface area (Å²) < 4.78 is 53.8. The number of halogens is 1. The van der Waals surface area contributed by atoms with E-state index in [1.165, 1.54) is 31.3 Å². The number of para-hydroxylation sites is 1. The summed E-state index contributed by atoms with van der Waals surface area (Å²) in [7, 11) is -0.589. The van der Waals surface area contributed by atoms with Gasteiger partial charge in [0.25, 0.3) is 5.91 Å². The van der Waals surface area contributed by atoms with Gasteiger partial charge in [0, 0.05) is 46.1 Å². The van der Waals surface area contributed by atoms with Crippen LogP contribution in [0.1, 0.15) is 17.3 Å². The van der Waals surface area contributed by atoms with Gasteiger partial charge in [-0.15, -0.1) is 0 Å². The van der Waals surface area contributed by atoms with Crippen molar-refractivity contribution in [3.05, 3.63) is 96.3 Å². The van der Waals surface area contributed by atoms with E-state index in [1.54, 1.807) is 26.2 Å². The molecule has 0 atom stereocenters. The predicted octanol–water partition coefficient (Wildman–Crippen LogP) is 7.18. The fourth-order valence-electron chi connectivity index (χ4n) is 5.17. The Hall–Kier alpha value is -5.09. The van der Waals surface area contributed by atoms with E-state index in [2.05, 4.69) is 15.0 Å². The van der Waals surface area contributed by atoms with Crippen LogP contribution in [-0.2, 0) is 10.0 Å². The number of furan rings is 1. The van der Waals surface area contributed by atoms with Crippen LogP contribution in [0.15, 0.2) is 89.3 Å². The zero-order valence-corrected chi connectivity index (χ0v) is 24.4. The van der Waals surface area contributed by atoms with Gasteiger partial charge < -0.3 is 19.5 Å². The van der Waals surface area contributed by atoms with Gasteiger partial charge in [0.15, 0.2) is 0 Å². The van der Waals surface area contributed by atoms with Crippen LogP contribution in [0.4, 0.5) is 10.1 Å². The molecular formula is C33H28FN3O5S. The van der Waals surface area contributed by atoms with Gasteiger partial charge in [-0.25, -0.2) is 12.8 Å². The lowest BCUT2D eigenvalue weighted by Crippen LogP contribution is -2.18. The summed E-state index contributed by atoms with van der Waals surface area (Å²) in [5.41, 5.74) is 5.09. The summed E-state index contributed by atoms with van der Waals surface area (Å²) in [6.07, 6.45) is 0. The molecule has 0 aliphatic rings. The Balaban J connectivity index is 1.61. The summed E-state index contributed by atoms with van der Waals surface area (Å²) in [6.45, 7) is 1.55. The minimum atomic E-state index is -3.69. The molecule has 2 aromatic heterocycles. The smallest absolute Gasteiger partial charge is 0.255 e. The third-order valence-corrected chi connectivity index (χ3v) is 8.66. The van der Waals surface area contributed by atoms with Gasteiger partial charge in [-0.3, -0.25) is 9.52 Å². The highest BCUT2D eigenvalue weighted by Crippen LogP contribution is 2.42. The number of ether oxygens (including phenoxy) is 1. The summed E-state index contributed by atoms with van der Waals surface area (Å²) in [4.78, 5) is 16.6. The van der Waals surface area contributed by atoms with Gasteiger partial charge in [0.05, 0.1) is 29.8 Å². The average molecular weight is 598 g/mol. The third-order valence-electron chi connectivity index (χ3n) is 7.36. The molecule has 0 aliphatic carbocycles. The number of aromatic amines is 1. The van der Waals surface area contributed by atoms with E-state index in [0.717, 1.165) is 22.2 Å². The Morgan fingerprint density at radius 2 is 1.70 bits per heavy atom. The number of methoxy groups -OCH3 is 1. The number of fused-ring (bicyclic) bond motifs is 2. The predicted molar refractivity (Wildman–Crippen MR) is 167 cm³/mol. The van der Waals surface area contributed by atoms with E-state index in [4.69, 9.17) is 9.15 Å². The number of rotatable bonds is 8. The Bertz CT molecular complexity index is 2080. The topological polar surface area (TPSA) is 113 Å². The molecule has 0 bridgehead atoms. The number of H-pyrrole nitrogens is 1. The molecule has 6 aromatic rings. The summed E-state index contributed by atoms with van der Waals surface area (Å²) in [5, 5.41) is 4.16. The van der Waals surface area contributed by atoms with Crippen molar-refractivity contribution < 1.29 is 26.8 Å². The molecule has 6 rings (SSSR count). The first kappa shape index (κ1) is 28.0. The van der Waals surface area contributed by atoms with Crippen LogP contribution in [0.3, 0.4) is 0 Å². The maximum atomic E-state index is 13.7. The van der Waals surface area contributed by atoms with Crippen molar-refractivity contribution in [2.45, 2.75) is 6.92 Å². The van der Waals surface area contributed by atoms with Crippen LogP contribution in [0, 0.1) is 5.82 Å². The Kier molecular flexibility index (Phi) is 7.15. The lowest BCUT2D eigenvalue weighted by molar-refractivity contribution is 0.0964. The van der Waals surface area contributed by atoms with Crippen molar-refractivity contribution in [1.82, 2.24) is 10.3 Å². The van der Waals surface area contributed by atoms with E-state index < -0.39 is 21.7 Å². The standard InChI is InChI=1S/C33H28FN3O5S/c1-4-43(39,40)37-28-18-30-25(31(33(38)35-2)32(42-30)19-9-12-22(34)13-10-19)17-23(28)20-11-14-29(41-3)24(15-20)27-16-21-7-5-6-8-26(21)36-27/h5-18,36-37H,4H2,1-3H3,(H,35,38). The fraction of sp³-hybridized carbons (Fsp3) is 0.121. The van der Waals surface area contributed by atoms with Crippen molar-refractivity contribution in [2.24, 2.45) is 0 Å². The quantitative estimate of drug-likeness (QED) is 0.172. The molecule has 10 heteroatoms. The van der Waals surface area contributed by atoms with Gasteiger partial charge in [0.1, 0.15) is 22.9 Å². The number of carbonyl (C=O) groups excluding carboxylic acids is 1. The molecule has 0 aliphatic heterocycles. The number of hydrogen-bond donors (Lipinski definition) is 3. The molecule has 4 aromatic carbocycles. The molecular weight excluding hydrogens is 569 g/mol. The number of hydrogen-bond acceptors (Lipinski definition) is 5. The SMILES string of the molecule is CCS(=O)(=O)Nc1cc2oc(-c3ccc(F)cc3)c(C(=O)NC)c2cc1-c1ccc(OC)c(-c2cc3ccccc3[nH]2)c1. The second kappa shape index (κ2) is 11.0. The van der Waals surface area contributed by atoms with Crippen LogP contribution in [0.2, 0.25) is 0 Å². The van der Waals surface area contributed by atoms with E-state index >= 15 is 0 Å². The first-order valence-corrected chi connectivity index (χ1v) is 15.2. The molecule has 218 valence electrons. The summed E-state index contributed by atoms with van der Waals surface area (Å²) in [6, 6.07) is 24.4. The second-order valence-corrected chi connectivity index (χ2v) is 12.0. The number of nitrogens with one attached hydrogen (secondary N) is 3. The molecule has 0 unspecified atom stereocenters. The number of amides is 1. The van der Waals surface area contributed by atoms with Crippen LogP contribution in [0.25, 0.3) is 55.6 Å². The van der Waals surface area contributed by atoms with E-state index in [0.29, 0.717) is 33.4 Å². The van der Waals surface area contributed by atoms with Crippen LogP contribution in [0.5, 0.6) is 5.75 Å². The van der Waals surface area contributed by atoms with Gasteiger partial charge in [-0.1, -0.05) is 24.3 Å². The monoisotopic (exact) mass is 597 g/mol. The van der Waals surface area contributed by atoms with Crippen molar-refractivity contribution in [3.8, 4) is 39.5 Å². The normalized spacial score (nSPS) is 11.6. The van der Waals surface area contributed by atoms with Crippen molar-refractivity contribution >= 4 is 43.5 Å². The molecule has 43 heavy (non-hydrogen) atoms. The van der Waals surface area contributed by atoms with E-state index in [-0.39, 0.29) is 22.8 Å². The largest absolute Gasteiger partial charge is 0.496 e. The molecule has 3 N–H and O–H groups in total. The van der Waals surface area contributed by atoms with Crippen molar-refractivity contribution in [1.29, 1.82) is 0 Å². The van der Waals surface area contributed by atoms with Crippen molar-refractivity contribution in [2.75, 3.05) is 24.6 Å². The zero-order chi connectivity index (χ0) is 30.3. The maximum absolute atomic E-state index is 13.7. The lowest BCUT2D eigenvalue weighted by atomic mass is 9.96. The number of aromatic nitrogens is 1. The number of carbonyl (C=O) groups is 1. The van der Waals surface area contributed by atoms with Crippen LogP contribution >= 0.6 is 0 Å². The lowest BCUT2D eigenvalue weighted by Gasteiger charge is -2.15. The van der Waals surface area contributed by atoms with E-state index in [9.17, 15) is 17.6 Å².